The molecule has 0 saturated heterocycles. The third-order valence-corrected chi connectivity index (χ3v) is 2.57. The topological polar surface area (TPSA) is 103 Å². The van der Waals surface area contributed by atoms with Crippen LogP contribution in [-0.4, -0.2) is 33.6 Å². The molecule has 82 valence electrons. The molecule has 0 saturated carbocycles. The number of carbonyl (C=O) groups excluding carboxylic acids is 1. The summed E-state index contributed by atoms with van der Waals surface area (Å²) in [7, 11) is 1.53. The van der Waals surface area contributed by atoms with Crippen LogP contribution >= 0.6 is 11.8 Å². The van der Waals surface area contributed by atoms with E-state index in [0.717, 1.165) is 16.4 Å². The minimum absolute atomic E-state index is 0.144. The van der Waals surface area contributed by atoms with Crippen LogP contribution < -0.4 is 16.7 Å². The lowest BCUT2D eigenvalue weighted by Crippen LogP contribution is -2.32. The summed E-state index contributed by atoms with van der Waals surface area (Å²) in [6.07, 6.45) is 0. The van der Waals surface area contributed by atoms with Gasteiger partial charge in [0, 0.05) is 7.05 Å². The molecule has 1 aromatic heterocycles. The zero-order chi connectivity index (χ0) is 11.4. The van der Waals surface area contributed by atoms with Gasteiger partial charge in [0.05, 0.1) is 5.75 Å². The van der Waals surface area contributed by atoms with Crippen LogP contribution in [0, 0.1) is 6.92 Å². The van der Waals surface area contributed by atoms with Crippen LogP contribution in [0.1, 0.15) is 5.69 Å². The van der Waals surface area contributed by atoms with Gasteiger partial charge in [0.1, 0.15) is 5.69 Å². The molecule has 1 aromatic rings. The van der Waals surface area contributed by atoms with Crippen molar-refractivity contribution in [2.45, 2.75) is 12.1 Å². The van der Waals surface area contributed by atoms with Gasteiger partial charge < -0.3 is 11.2 Å². The average molecular weight is 229 g/mol. The molecular formula is C7H11N5O2S. The molecule has 3 N–H and O–H groups in total. The lowest BCUT2D eigenvalue weighted by Gasteiger charge is -2.04. The predicted molar refractivity (Wildman–Crippen MR) is 56.0 cm³/mol. The first kappa shape index (κ1) is 11.5. The van der Waals surface area contributed by atoms with Crippen molar-refractivity contribution in [1.29, 1.82) is 0 Å². The van der Waals surface area contributed by atoms with Crippen molar-refractivity contribution >= 4 is 17.7 Å². The number of rotatable bonds is 3. The van der Waals surface area contributed by atoms with Gasteiger partial charge in [-0.25, -0.2) is 0 Å². The van der Waals surface area contributed by atoms with Crippen LogP contribution in [0.5, 0.6) is 0 Å². The molecule has 0 aromatic carbocycles. The number of nitrogens with one attached hydrogen (secondary N) is 1. The quantitative estimate of drug-likeness (QED) is 0.483. The second-order valence-electron chi connectivity index (χ2n) is 2.70. The van der Waals surface area contributed by atoms with Gasteiger partial charge in [-0.2, -0.15) is 4.68 Å². The lowest BCUT2D eigenvalue weighted by atomic mass is 10.5. The number of amides is 1. The normalized spacial score (nSPS) is 10.0. The molecule has 0 spiro atoms. The number of aryl methyl sites for hydroxylation is 1. The van der Waals surface area contributed by atoms with Gasteiger partial charge in [-0.3, -0.25) is 9.59 Å². The molecule has 0 aliphatic carbocycles. The molecule has 0 aliphatic rings. The van der Waals surface area contributed by atoms with Crippen LogP contribution in [0.15, 0.2) is 9.95 Å². The summed E-state index contributed by atoms with van der Waals surface area (Å²) < 4.78 is 0.885. The zero-order valence-electron chi connectivity index (χ0n) is 8.35. The molecular weight excluding hydrogens is 218 g/mol. The molecule has 1 heterocycles. The highest BCUT2D eigenvalue weighted by Gasteiger charge is 2.08. The summed E-state index contributed by atoms with van der Waals surface area (Å²) in [6, 6.07) is 0. The zero-order valence-corrected chi connectivity index (χ0v) is 9.17. The molecule has 15 heavy (non-hydrogen) atoms. The number of nitrogens with zero attached hydrogens (tertiary/aromatic N) is 3. The Kier molecular flexibility index (Phi) is 3.67. The summed E-state index contributed by atoms with van der Waals surface area (Å²) in [5.74, 6) is 5.43. The minimum atomic E-state index is -0.413. The first-order valence-electron chi connectivity index (χ1n) is 4.11. The predicted octanol–water partition coefficient (Wildman–Crippen LogP) is -1.50. The number of thioether (sulfide) groups is 1. The Hall–Kier alpha value is -1.57. The van der Waals surface area contributed by atoms with E-state index in [-0.39, 0.29) is 22.5 Å². The number of hydrogen-bond donors (Lipinski definition) is 2. The van der Waals surface area contributed by atoms with Gasteiger partial charge >= 0.3 is 0 Å². The Bertz CT molecular complexity index is 430. The van der Waals surface area contributed by atoms with E-state index in [9.17, 15) is 9.59 Å². The highest BCUT2D eigenvalue weighted by molar-refractivity contribution is 7.99. The smallest absolute Gasteiger partial charge is 0.294 e. The SMILES string of the molecule is CNC(=O)CSc1nnc(C)c(=O)n1N. The molecule has 1 amide bonds. The van der Waals surface area contributed by atoms with E-state index in [1.165, 1.54) is 14.0 Å². The Morgan fingerprint density at radius 3 is 2.87 bits per heavy atom. The third-order valence-electron chi connectivity index (χ3n) is 1.63. The molecule has 0 radical (unpaired) electrons. The summed E-state index contributed by atoms with van der Waals surface area (Å²) in [5, 5.41) is 10.0. The molecule has 7 nitrogen and oxygen atoms in total. The van der Waals surface area contributed by atoms with Crippen LogP contribution in [-0.2, 0) is 4.79 Å². The van der Waals surface area contributed by atoms with Gasteiger partial charge in [-0.1, -0.05) is 11.8 Å². The second kappa shape index (κ2) is 4.78. The van der Waals surface area contributed by atoms with E-state index < -0.39 is 5.56 Å². The average Bonchev–Trinajstić information content (AvgIpc) is 2.24. The Labute approximate surface area is 90.0 Å². The van der Waals surface area contributed by atoms with E-state index in [1.807, 2.05) is 0 Å². The number of nitrogen functional groups attached to an aromatic ring is 1. The fourth-order valence-electron chi connectivity index (χ4n) is 0.771. The van der Waals surface area contributed by atoms with Gasteiger partial charge in [-0.05, 0) is 6.92 Å². The van der Waals surface area contributed by atoms with E-state index in [2.05, 4.69) is 15.5 Å². The van der Waals surface area contributed by atoms with Crippen molar-refractivity contribution in [3.05, 3.63) is 16.0 Å². The van der Waals surface area contributed by atoms with Crippen molar-refractivity contribution in [2.24, 2.45) is 0 Å². The van der Waals surface area contributed by atoms with Crippen molar-refractivity contribution in [2.75, 3.05) is 18.6 Å². The summed E-state index contributed by atoms with van der Waals surface area (Å²) >= 11 is 1.05. The van der Waals surface area contributed by atoms with Gasteiger partial charge in [0.2, 0.25) is 11.1 Å². The maximum atomic E-state index is 11.3. The highest BCUT2D eigenvalue weighted by Crippen LogP contribution is 2.09. The summed E-state index contributed by atoms with van der Waals surface area (Å²) in [4.78, 5) is 22.3. The lowest BCUT2D eigenvalue weighted by molar-refractivity contribution is -0.118. The molecule has 0 bridgehead atoms. The Balaban J connectivity index is 2.83. The summed E-state index contributed by atoms with van der Waals surface area (Å²) in [5.41, 5.74) is -0.189. The Morgan fingerprint density at radius 2 is 2.27 bits per heavy atom. The second-order valence-corrected chi connectivity index (χ2v) is 3.65. The molecule has 8 heteroatoms. The van der Waals surface area contributed by atoms with E-state index in [4.69, 9.17) is 5.84 Å². The third kappa shape index (κ3) is 2.69. The number of hydrogen-bond acceptors (Lipinski definition) is 6. The monoisotopic (exact) mass is 229 g/mol. The molecule has 1 rings (SSSR count). The fraction of sp³-hybridized carbons (Fsp3) is 0.429. The summed E-state index contributed by atoms with van der Waals surface area (Å²) in [6.45, 7) is 1.52. The van der Waals surface area contributed by atoms with Gasteiger partial charge in [0.25, 0.3) is 5.56 Å². The maximum Gasteiger partial charge on any atom is 0.294 e. The molecule has 0 atom stereocenters. The standard InChI is InChI=1S/C7H11N5O2S/c1-4-6(14)12(8)7(11-10-4)15-3-5(13)9-2/h3,8H2,1-2H3,(H,9,13). The van der Waals surface area contributed by atoms with Crippen LogP contribution in [0.4, 0.5) is 0 Å². The van der Waals surface area contributed by atoms with Crippen molar-refractivity contribution in [3.8, 4) is 0 Å². The number of carbonyl (C=O) groups is 1. The maximum absolute atomic E-state index is 11.3. The number of aromatic nitrogens is 3. The van der Waals surface area contributed by atoms with Gasteiger partial charge in [-0.15, -0.1) is 10.2 Å². The first-order valence-corrected chi connectivity index (χ1v) is 5.09. The molecule has 0 aliphatic heterocycles. The van der Waals surface area contributed by atoms with Crippen molar-refractivity contribution < 1.29 is 4.79 Å². The first-order chi connectivity index (χ1) is 7.06. The Morgan fingerprint density at radius 1 is 1.60 bits per heavy atom. The minimum Gasteiger partial charge on any atom is -0.358 e. The van der Waals surface area contributed by atoms with Crippen LogP contribution in [0.3, 0.4) is 0 Å². The molecule has 0 fully saturated rings. The van der Waals surface area contributed by atoms with E-state index in [1.54, 1.807) is 0 Å². The highest BCUT2D eigenvalue weighted by atomic mass is 32.2. The number of nitrogens with two attached hydrogens (primary N) is 1. The fourth-order valence-corrected chi connectivity index (χ4v) is 1.50. The van der Waals surface area contributed by atoms with Crippen LogP contribution in [0.25, 0.3) is 0 Å². The van der Waals surface area contributed by atoms with Crippen LogP contribution in [0.2, 0.25) is 0 Å². The van der Waals surface area contributed by atoms with E-state index in [0.29, 0.717) is 0 Å². The van der Waals surface area contributed by atoms with Crippen molar-refractivity contribution in [1.82, 2.24) is 20.2 Å². The molecule has 0 unspecified atom stereocenters. The van der Waals surface area contributed by atoms with Crippen molar-refractivity contribution in [3.63, 3.8) is 0 Å². The van der Waals surface area contributed by atoms with Gasteiger partial charge in [0.15, 0.2) is 0 Å². The largest absolute Gasteiger partial charge is 0.358 e. The van der Waals surface area contributed by atoms with E-state index >= 15 is 0 Å².